The van der Waals surface area contributed by atoms with Crippen molar-refractivity contribution in [3.63, 3.8) is 0 Å². The highest BCUT2D eigenvalue weighted by Gasteiger charge is 2.30. The number of nitrogens with zero attached hydrogens (tertiary/aromatic N) is 1. The van der Waals surface area contributed by atoms with Gasteiger partial charge in [-0.15, -0.1) is 0 Å². The van der Waals surface area contributed by atoms with E-state index in [2.05, 4.69) is 15.8 Å². The lowest BCUT2D eigenvalue weighted by Crippen LogP contribution is -2.49. The first kappa shape index (κ1) is 15.9. The van der Waals surface area contributed by atoms with Gasteiger partial charge in [-0.05, 0) is 29.8 Å². The first-order valence-electron chi connectivity index (χ1n) is 6.21. The summed E-state index contributed by atoms with van der Waals surface area (Å²) in [6.45, 7) is 0. The molecule has 0 fully saturated rings. The minimum absolute atomic E-state index is 0.428. The second-order valence-electron chi connectivity index (χ2n) is 4.74. The predicted octanol–water partition coefficient (Wildman–Crippen LogP) is 4.17. The molecule has 3 rings (SSSR count). The fraction of sp³-hybridized carbons (Fsp3) is 0.0714. The van der Waals surface area contributed by atoms with E-state index in [0.717, 1.165) is 5.56 Å². The van der Waals surface area contributed by atoms with E-state index in [1.165, 1.54) is 6.34 Å². The van der Waals surface area contributed by atoms with Crippen molar-refractivity contribution in [1.82, 2.24) is 10.9 Å². The van der Waals surface area contributed by atoms with Gasteiger partial charge in [0.25, 0.3) is 0 Å². The van der Waals surface area contributed by atoms with E-state index in [-0.39, 0.29) is 0 Å². The lowest BCUT2D eigenvalue weighted by molar-refractivity contribution is 0.375. The van der Waals surface area contributed by atoms with Crippen LogP contribution in [-0.2, 0) is 5.79 Å². The van der Waals surface area contributed by atoms with E-state index in [1.54, 1.807) is 30.3 Å². The van der Waals surface area contributed by atoms with Crippen LogP contribution >= 0.6 is 46.4 Å². The number of benzene rings is 2. The van der Waals surface area contributed by atoms with E-state index in [4.69, 9.17) is 52.1 Å². The van der Waals surface area contributed by atoms with Crippen molar-refractivity contribution in [3.05, 3.63) is 56.0 Å². The zero-order chi connectivity index (χ0) is 15.9. The molecule has 4 N–H and O–H groups in total. The van der Waals surface area contributed by atoms with Gasteiger partial charge in [-0.1, -0.05) is 52.5 Å². The van der Waals surface area contributed by atoms with Crippen LogP contribution in [0.1, 0.15) is 5.56 Å². The molecule has 22 heavy (non-hydrogen) atoms. The maximum Gasteiger partial charge on any atom is 0.206 e. The molecule has 1 atom stereocenters. The SMILES string of the molecule is NC1(c2cc(Cl)c(-c3ccc(Cl)c(Cl)c3)c(Cl)c2)N=CNN1. The van der Waals surface area contributed by atoms with Gasteiger partial charge in [0.15, 0.2) is 0 Å². The molecule has 8 heteroatoms. The Labute approximate surface area is 147 Å². The van der Waals surface area contributed by atoms with E-state index in [1.807, 2.05) is 0 Å². The summed E-state index contributed by atoms with van der Waals surface area (Å²) in [5, 5.41) is 1.77. The van der Waals surface area contributed by atoms with Crippen LogP contribution in [0.4, 0.5) is 0 Å². The Bertz CT molecular complexity index is 754. The van der Waals surface area contributed by atoms with Gasteiger partial charge >= 0.3 is 0 Å². The molecule has 0 aromatic heterocycles. The Hall–Kier alpha value is -1.01. The van der Waals surface area contributed by atoms with Gasteiger partial charge < -0.3 is 5.43 Å². The summed E-state index contributed by atoms with van der Waals surface area (Å²) in [7, 11) is 0. The second kappa shape index (κ2) is 5.89. The highest BCUT2D eigenvalue weighted by atomic mass is 35.5. The highest BCUT2D eigenvalue weighted by Crippen LogP contribution is 2.39. The van der Waals surface area contributed by atoms with Crippen molar-refractivity contribution in [3.8, 4) is 11.1 Å². The molecule has 1 heterocycles. The van der Waals surface area contributed by atoms with Crippen molar-refractivity contribution in [2.24, 2.45) is 10.7 Å². The van der Waals surface area contributed by atoms with Crippen LogP contribution < -0.4 is 16.6 Å². The maximum absolute atomic E-state index is 6.39. The summed E-state index contributed by atoms with van der Waals surface area (Å²) in [5.41, 5.74) is 13.7. The van der Waals surface area contributed by atoms with Gasteiger partial charge in [0.1, 0.15) is 6.34 Å². The van der Waals surface area contributed by atoms with Gasteiger partial charge in [-0.2, -0.15) is 5.43 Å². The predicted molar refractivity (Wildman–Crippen MR) is 92.5 cm³/mol. The normalized spacial score (nSPS) is 20.2. The van der Waals surface area contributed by atoms with Gasteiger partial charge in [0.05, 0.1) is 20.1 Å². The van der Waals surface area contributed by atoms with Gasteiger partial charge in [0.2, 0.25) is 5.79 Å². The average Bonchev–Trinajstić information content (AvgIpc) is 2.90. The molecule has 1 aliphatic rings. The number of aliphatic imine (C=N–C) groups is 1. The van der Waals surface area contributed by atoms with Crippen LogP contribution in [-0.4, -0.2) is 6.34 Å². The molecular weight excluding hydrogens is 366 g/mol. The van der Waals surface area contributed by atoms with Crippen molar-refractivity contribution in [2.75, 3.05) is 0 Å². The summed E-state index contributed by atoms with van der Waals surface area (Å²) in [6.07, 6.45) is 1.47. The first-order valence-corrected chi connectivity index (χ1v) is 7.72. The molecule has 114 valence electrons. The third-order valence-corrected chi connectivity index (χ3v) is 4.62. The summed E-state index contributed by atoms with van der Waals surface area (Å²) < 4.78 is 0. The lowest BCUT2D eigenvalue weighted by atomic mass is 10.0. The Kier molecular flexibility index (Phi) is 4.25. The van der Waals surface area contributed by atoms with Crippen molar-refractivity contribution >= 4 is 52.7 Å². The number of rotatable bonds is 2. The Balaban J connectivity index is 2.10. The number of hydrogen-bond acceptors (Lipinski definition) is 4. The van der Waals surface area contributed by atoms with Crippen LogP contribution in [0.3, 0.4) is 0 Å². The van der Waals surface area contributed by atoms with E-state index in [9.17, 15) is 0 Å². The Morgan fingerprint density at radius 3 is 2.14 bits per heavy atom. The molecule has 2 aromatic rings. The number of hydrazine groups is 1. The van der Waals surface area contributed by atoms with E-state index < -0.39 is 5.79 Å². The van der Waals surface area contributed by atoms with Gasteiger partial charge in [0, 0.05) is 11.1 Å². The monoisotopic (exact) mass is 374 g/mol. The second-order valence-corrected chi connectivity index (χ2v) is 6.37. The summed E-state index contributed by atoms with van der Waals surface area (Å²) in [4.78, 5) is 4.12. The minimum atomic E-state index is -1.11. The van der Waals surface area contributed by atoms with Crippen LogP contribution in [0.25, 0.3) is 11.1 Å². The fourth-order valence-electron chi connectivity index (χ4n) is 2.18. The van der Waals surface area contributed by atoms with Crippen molar-refractivity contribution in [2.45, 2.75) is 5.79 Å². The van der Waals surface area contributed by atoms with E-state index >= 15 is 0 Å². The largest absolute Gasteiger partial charge is 0.309 e. The average molecular weight is 376 g/mol. The summed E-state index contributed by atoms with van der Waals surface area (Å²) in [6, 6.07) is 8.62. The zero-order valence-electron chi connectivity index (χ0n) is 11.0. The summed E-state index contributed by atoms with van der Waals surface area (Å²) >= 11 is 24.8. The van der Waals surface area contributed by atoms with Gasteiger partial charge in [-0.3, -0.25) is 5.73 Å². The highest BCUT2D eigenvalue weighted by molar-refractivity contribution is 6.42. The molecule has 0 radical (unpaired) electrons. The molecule has 0 spiro atoms. The van der Waals surface area contributed by atoms with Crippen LogP contribution in [0, 0.1) is 0 Å². The lowest BCUT2D eigenvalue weighted by Gasteiger charge is -2.22. The molecule has 0 saturated heterocycles. The van der Waals surface area contributed by atoms with Crippen LogP contribution in [0.15, 0.2) is 35.3 Å². The standard InChI is InChI=1S/C14H10Cl4N4/c15-9-2-1-7(3-10(9)16)13-11(17)4-8(5-12(13)18)14(19)20-6-21-22-14/h1-6,22H,19H2,(H,20,21). The van der Waals surface area contributed by atoms with Gasteiger partial charge in [-0.25, -0.2) is 4.99 Å². The molecule has 0 amide bonds. The molecule has 2 aromatic carbocycles. The molecular formula is C14H10Cl4N4. The first-order chi connectivity index (χ1) is 10.4. The Morgan fingerprint density at radius 2 is 1.59 bits per heavy atom. The van der Waals surface area contributed by atoms with E-state index in [0.29, 0.717) is 31.2 Å². The third-order valence-electron chi connectivity index (χ3n) is 3.29. The molecule has 1 aliphatic heterocycles. The molecule has 4 nitrogen and oxygen atoms in total. The molecule has 0 aliphatic carbocycles. The smallest absolute Gasteiger partial charge is 0.206 e. The topological polar surface area (TPSA) is 62.4 Å². The number of nitrogens with two attached hydrogens (primary N) is 1. The maximum atomic E-state index is 6.39. The molecule has 0 saturated carbocycles. The molecule has 1 unspecified atom stereocenters. The van der Waals surface area contributed by atoms with Crippen LogP contribution in [0.2, 0.25) is 20.1 Å². The third kappa shape index (κ3) is 2.78. The number of nitrogens with one attached hydrogen (secondary N) is 2. The molecule has 0 bridgehead atoms. The summed E-state index contributed by atoms with van der Waals surface area (Å²) in [5.74, 6) is -1.11. The quantitative estimate of drug-likeness (QED) is 0.737. The zero-order valence-corrected chi connectivity index (χ0v) is 14.0. The minimum Gasteiger partial charge on any atom is -0.309 e. The fourth-order valence-corrected chi connectivity index (χ4v) is 3.18. The van der Waals surface area contributed by atoms with Crippen molar-refractivity contribution in [1.29, 1.82) is 0 Å². The number of halogens is 4. The number of hydrogen-bond donors (Lipinski definition) is 3. The van der Waals surface area contributed by atoms with Crippen LogP contribution in [0.5, 0.6) is 0 Å². The Morgan fingerprint density at radius 1 is 0.909 bits per heavy atom. The van der Waals surface area contributed by atoms with Crippen molar-refractivity contribution < 1.29 is 0 Å².